The number of amides is 1. The molecule has 1 aromatic carbocycles. The van der Waals surface area contributed by atoms with Gasteiger partial charge in [0.2, 0.25) is 5.91 Å². The molecule has 15 heavy (non-hydrogen) atoms. The van der Waals surface area contributed by atoms with Crippen LogP contribution in [0.25, 0.3) is 0 Å². The highest BCUT2D eigenvalue weighted by atomic mass is 16.5. The van der Waals surface area contributed by atoms with Crippen LogP contribution in [0, 0.1) is 0 Å². The summed E-state index contributed by atoms with van der Waals surface area (Å²) in [6, 6.07) is 7.09. The van der Waals surface area contributed by atoms with E-state index in [2.05, 4.69) is 10.6 Å². The van der Waals surface area contributed by atoms with Gasteiger partial charge < -0.3 is 15.4 Å². The Morgan fingerprint density at radius 3 is 2.67 bits per heavy atom. The first-order valence-corrected chi connectivity index (χ1v) is 4.80. The van der Waals surface area contributed by atoms with Crippen molar-refractivity contribution in [3.05, 3.63) is 24.3 Å². The van der Waals surface area contributed by atoms with Gasteiger partial charge in [-0.2, -0.15) is 0 Å². The smallest absolute Gasteiger partial charge is 0.241 e. The Morgan fingerprint density at radius 2 is 2.07 bits per heavy atom. The van der Waals surface area contributed by atoms with Crippen LogP contribution in [0.4, 0.5) is 5.69 Å². The maximum Gasteiger partial charge on any atom is 0.241 e. The minimum Gasteiger partial charge on any atom is -0.495 e. The molecule has 0 radical (unpaired) electrons. The van der Waals surface area contributed by atoms with E-state index in [0.29, 0.717) is 11.4 Å². The van der Waals surface area contributed by atoms with Crippen LogP contribution in [-0.2, 0) is 4.79 Å². The van der Waals surface area contributed by atoms with Crippen LogP contribution >= 0.6 is 0 Å². The molecule has 0 aliphatic carbocycles. The number of nitrogens with one attached hydrogen (secondary N) is 2. The number of carbonyl (C=O) groups excluding carboxylic acids is 1. The highest BCUT2D eigenvalue weighted by Gasteiger charge is 2.11. The van der Waals surface area contributed by atoms with E-state index in [1.54, 1.807) is 33.2 Å². The molecule has 1 unspecified atom stereocenters. The molecule has 4 heteroatoms. The lowest BCUT2D eigenvalue weighted by Gasteiger charge is -2.13. The fourth-order valence-electron chi connectivity index (χ4n) is 1.12. The Balaban J connectivity index is 2.76. The van der Waals surface area contributed by atoms with Crippen LogP contribution in [0.2, 0.25) is 0 Å². The van der Waals surface area contributed by atoms with Gasteiger partial charge in [-0.3, -0.25) is 4.79 Å². The van der Waals surface area contributed by atoms with Crippen molar-refractivity contribution >= 4 is 11.6 Å². The molecule has 0 heterocycles. The Morgan fingerprint density at radius 1 is 1.40 bits per heavy atom. The maximum absolute atomic E-state index is 11.6. The zero-order valence-corrected chi connectivity index (χ0v) is 9.20. The van der Waals surface area contributed by atoms with Crippen LogP contribution in [0.1, 0.15) is 6.92 Å². The molecule has 0 saturated heterocycles. The third-order valence-corrected chi connectivity index (χ3v) is 2.19. The molecule has 0 spiro atoms. The van der Waals surface area contributed by atoms with Crippen LogP contribution in [0.3, 0.4) is 0 Å². The molecule has 82 valence electrons. The number of benzene rings is 1. The molecule has 1 rings (SSSR count). The van der Waals surface area contributed by atoms with Gasteiger partial charge in [-0.25, -0.2) is 0 Å². The Labute approximate surface area is 89.6 Å². The zero-order chi connectivity index (χ0) is 11.3. The summed E-state index contributed by atoms with van der Waals surface area (Å²) in [4.78, 5) is 11.6. The van der Waals surface area contributed by atoms with Crippen molar-refractivity contribution in [1.82, 2.24) is 5.32 Å². The largest absolute Gasteiger partial charge is 0.495 e. The molecule has 0 fully saturated rings. The van der Waals surface area contributed by atoms with Crippen LogP contribution in [-0.4, -0.2) is 26.1 Å². The van der Waals surface area contributed by atoms with E-state index in [-0.39, 0.29) is 11.9 Å². The Hall–Kier alpha value is -1.55. The first-order chi connectivity index (χ1) is 7.19. The summed E-state index contributed by atoms with van der Waals surface area (Å²) in [7, 11) is 3.32. The lowest BCUT2D eigenvalue weighted by atomic mass is 10.2. The molecule has 1 aromatic rings. The van der Waals surface area contributed by atoms with Crippen molar-refractivity contribution in [3.63, 3.8) is 0 Å². The van der Waals surface area contributed by atoms with Gasteiger partial charge in [-0.1, -0.05) is 12.1 Å². The van der Waals surface area contributed by atoms with Crippen molar-refractivity contribution in [1.29, 1.82) is 0 Å². The summed E-state index contributed by atoms with van der Waals surface area (Å²) >= 11 is 0. The number of anilines is 1. The van der Waals surface area contributed by atoms with E-state index in [0.717, 1.165) is 0 Å². The highest BCUT2D eigenvalue weighted by Crippen LogP contribution is 2.22. The minimum atomic E-state index is -0.227. The molecule has 2 N–H and O–H groups in total. The zero-order valence-electron chi connectivity index (χ0n) is 9.20. The third kappa shape index (κ3) is 2.95. The first-order valence-electron chi connectivity index (χ1n) is 4.80. The van der Waals surface area contributed by atoms with Crippen molar-refractivity contribution in [2.75, 3.05) is 19.5 Å². The number of rotatable bonds is 4. The molecule has 1 amide bonds. The quantitative estimate of drug-likeness (QED) is 0.782. The normalized spacial score (nSPS) is 11.9. The van der Waals surface area contributed by atoms with Crippen LogP contribution < -0.4 is 15.4 Å². The monoisotopic (exact) mass is 208 g/mol. The third-order valence-electron chi connectivity index (χ3n) is 2.19. The molecule has 0 aromatic heterocycles. The first kappa shape index (κ1) is 11.5. The van der Waals surface area contributed by atoms with Gasteiger partial charge in [0.15, 0.2) is 0 Å². The molecule has 0 bridgehead atoms. The van der Waals surface area contributed by atoms with Gasteiger partial charge in [-0.15, -0.1) is 0 Å². The summed E-state index contributed by atoms with van der Waals surface area (Å²) in [5.74, 6) is 0.580. The lowest BCUT2D eigenvalue weighted by Crippen LogP contribution is -2.35. The summed E-state index contributed by atoms with van der Waals surface area (Å²) in [5.41, 5.74) is 0.687. The number of hydrogen-bond acceptors (Lipinski definition) is 3. The number of methoxy groups -OCH3 is 1. The summed E-state index contributed by atoms with van der Waals surface area (Å²) < 4.78 is 5.12. The standard InChI is InChI=1S/C11H16N2O2/c1-8(12-2)11(14)13-9-6-4-5-7-10(9)15-3/h4-8,12H,1-3H3,(H,13,14). The van der Waals surface area contributed by atoms with E-state index in [1.165, 1.54) is 0 Å². The molecule has 0 aliphatic heterocycles. The topological polar surface area (TPSA) is 50.4 Å². The highest BCUT2D eigenvalue weighted by molar-refractivity contribution is 5.95. The van der Waals surface area contributed by atoms with Gasteiger partial charge >= 0.3 is 0 Å². The molecular weight excluding hydrogens is 192 g/mol. The Bertz CT molecular complexity index is 339. The van der Waals surface area contributed by atoms with Crippen LogP contribution in [0.5, 0.6) is 5.75 Å². The second-order valence-electron chi connectivity index (χ2n) is 3.20. The molecule has 4 nitrogen and oxygen atoms in total. The minimum absolute atomic E-state index is 0.0815. The molecule has 0 saturated carbocycles. The Kier molecular flexibility index (Phi) is 4.12. The number of likely N-dealkylation sites (N-methyl/N-ethyl adjacent to an activating group) is 1. The van der Waals surface area contributed by atoms with Gasteiger partial charge in [0.1, 0.15) is 5.75 Å². The molecule has 1 atom stereocenters. The van der Waals surface area contributed by atoms with Gasteiger partial charge in [0, 0.05) is 0 Å². The number of para-hydroxylation sites is 2. The lowest BCUT2D eigenvalue weighted by molar-refractivity contribution is -0.117. The molecular formula is C11H16N2O2. The molecule has 0 aliphatic rings. The van der Waals surface area contributed by atoms with E-state index in [9.17, 15) is 4.79 Å². The maximum atomic E-state index is 11.6. The average Bonchev–Trinajstić information content (AvgIpc) is 2.28. The predicted molar refractivity (Wildman–Crippen MR) is 60.1 cm³/mol. The fraction of sp³-hybridized carbons (Fsp3) is 0.364. The second-order valence-corrected chi connectivity index (χ2v) is 3.20. The van der Waals surface area contributed by atoms with Crippen molar-refractivity contribution < 1.29 is 9.53 Å². The number of carbonyl (C=O) groups is 1. The predicted octanol–water partition coefficient (Wildman–Crippen LogP) is 1.24. The second kappa shape index (κ2) is 5.36. The van der Waals surface area contributed by atoms with E-state index in [4.69, 9.17) is 4.74 Å². The number of hydrogen-bond donors (Lipinski definition) is 2. The van der Waals surface area contributed by atoms with Crippen LogP contribution in [0.15, 0.2) is 24.3 Å². The SMILES string of the molecule is CNC(C)C(=O)Nc1ccccc1OC. The summed E-state index contributed by atoms with van der Waals surface area (Å²) in [6.07, 6.45) is 0. The average molecular weight is 208 g/mol. The van der Waals surface area contributed by atoms with Crippen molar-refractivity contribution in [3.8, 4) is 5.75 Å². The van der Waals surface area contributed by atoms with Crippen molar-refractivity contribution in [2.45, 2.75) is 13.0 Å². The van der Waals surface area contributed by atoms with Gasteiger partial charge in [0.25, 0.3) is 0 Å². The summed E-state index contributed by atoms with van der Waals surface area (Å²) in [5, 5.41) is 5.66. The fourth-order valence-corrected chi connectivity index (χ4v) is 1.12. The van der Waals surface area contributed by atoms with Crippen molar-refractivity contribution in [2.24, 2.45) is 0 Å². The van der Waals surface area contributed by atoms with E-state index in [1.807, 2.05) is 12.1 Å². The van der Waals surface area contributed by atoms with E-state index < -0.39 is 0 Å². The number of ether oxygens (including phenoxy) is 1. The van der Waals surface area contributed by atoms with E-state index >= 15 is 0 Å². The van der Waals surface area contributed by atoms with Gasteiger partial charge in [-0.05, 0) is 26.1 Å². The summed E-state index contributed by atoms with van der Waals surface area (Å²) in [6.45, 7) is 1.80. The van der Waals surface area contributed by atoms with Gasteiger partial charge in [0.05, 0.1) is 18.8 Å².